The topological polar surface area (TPSA) is 74.9 Å². The Kier molecular flexibility index (Phi) is 7.85. The van der Waals surface area contributed by atoms with Gasteiger partial charge in [0.25, 0.3) is 0 Å². The summed E-state index contributed by atoms with van der Waals surface area (Å²) in [5.74, 6) is 3.56. The van der Waals surface area contributed by atoms with E-state index in [2.05, 4.69) is 32.7 Å². The van der Waals surface area contributed by atoms with Crippen molar-refractivity contribution in [1.82, 2.24) is 10.3 Å². The van der Waals surface area contributed by atoms with E-state index in [4.69, 9.17) is 14.1 Å². The van der Waals surface area contributed by atoms with Crippen LogP contribution in [0.1, 0.15) is 38.0 Å². The summed E-state index contributed by atoms with van der Waals surface area (Å²) in [5, 5.41) is 6.79. The van der Waals surface area contributed by atoms with Gasteiger partial charge in [-0.1, -0.05) is 6.07 Å². The van der Waals surface area contributed by atoms with Gasteiger partial charge in [0.15, 0.2) is 5.96 Å². The molecule has 4 rings (SSSR count). The number of pyridine rings is 1. The second kappa shape index (κ2) is 11.4. The highest BCUT2D eigenvalue weighted by Gasteiger charge is 2.13. The van der Waals surface area contributed by atoms with Crippen LogP contribution in [0.25, 0.3) is 0 Å². The zero-order valence-corrected chi connectivity index (χ0v) is 19.5. The highest BCUT2D eigenvalue weighted by atomic mass is 16.5. The molecule has 1 aliphatic heterocycles. The molecule has 0 aliphatic carbocycles. The highest BCUT2D eigenvalue weighted by molar-refractivity contribution is 5.93. The summed E-state index contributed by atoms with van der Waals surface area (Å²) in [6, 6.07) is 16.0. The Hall–Kier alpha value is -3.48. The van der Waals surface area contributed by atoms with Crippen LogP contribution in [0.15, 0.2) is 70.4 Å². The van der Waals surface area contributed by atoms with Gasteiger partial charge in [0.1, 0.15) is 17.3 Å². The van der Waals surface area contributed by atoms with Gasteiger partial charge in [-0.15, -0.1) is 0 Å². The molecule has 174 valence electrons. The largest absolute Gasteiger partial charge is 0.491 e. The molecule has 2 aromatic heterocycles. The van der Waals surface area contributed by atoms with Crippen molar-refractivity contribution in [2.75, 3.05) is 29.9 Å². The quantitative estimate of drug-likeness (QED) is 0.360. The van der Waals surface area contributed by atoms with Gasteiger partial charge < -0.3 is 24.7 Å². The van der Waals surface area contributed by atoms with E-state index in [-0.39, 0.29) is 6.10 Å². The number of aromatic nitrogens is 1. The molecule has 0 spiro atoms. The van der Waals surface area contributed by atoms with E-state index in [1.807, 2.05) is 56.4 Å². The van der Waals surface area contributed by atoms with Gasteiger partial charge in [-0.2, -0.15) is 0 Å². The van der Waals surface area contributed by atoms with E-state index >= 15 is 0 Å². The summed E-state index contributed by atoms with van der Waals surface area (Å²) in [7, 11) is 0. The minimum absolute atomic E-state index is 0.148. The van der Waals surface area contributed by atoms with Crippen molar-refractivity contribution >= 4 is 17.5 Å². The Labute approximate surface area is 195 Å². The second-order valence-corrected chi connectivity index (χ2v) is 8.46. The summed E-state index contributed by atoms with van der Waals surface area (Å²) in [6.07, 6.45) is 7.04. The normalized spacial score (nSPS) is 14.0. The predicted octanol–water partition coefficient (Wildman–Crippen LogP) is 4.86. The molecule has 7 heteroatoms. The molecule has 0 radical (unpaired) electrons. The van der Waals surface area contributed by atoms with Gasteiger partial charge in [-0.05, 0) is 74.7 Å². The van der Waals surface area contributed by atoms with Crippen LogP contribution in [0, 0.1) is 0 Å². The Balaban J connectivity index is 1.40. The summed E-state index contributed by atoms with van der Waals surface area (Å²) in [5.41, 5.74) is 2.02. The number of ether oxygens (including phenoxy) is 1. The molecule has 1 aliphatic rings. The maximum absolute atomic E-state index is 5.74. The minimum Gasteiger partial charge on any atom is -0.491 e. The van der Waals surface area contributed by atoms with Gasteiger partial charge >= 0.3 is 0 Å². The number of aliphatic imine (C=N–C) groups is 1. The lowest BCUT2D eigenvalue weighted by Crippen LogP contribution is -2.32. The smallest absolute Gasteiger partial charge is 0.196 e. The average molecular weight is 448 g/mol. The molecular weight excluding hydrogens is 414 g/mol. The van der Waals surface area contributed by atoms with Crippen LogP contribution in [0.3, 0.4) is 0 Å². The number of nitrogens with one attached hydrogen (secondary N) is 2. The van der Waals surface area contributed by atoms with Crippen LogP contribution in [0.4, 0.5) is 11.5 Å². The Bertz CT molecular complexity index is 992. The molecular formula is C26H33N5O2. The third kappa shape index (κ3) is 7.00. The molecule has 1 fully saturated rings. The molecule has 7 nitrogen and oxygen atoms in total. The molecule has 0 bridgehead atoms. The van der Waals surface area contributed by atoms with Crippen LogP contribution in [0.2, 0.25) is 0 Å². The van der Waals surface area contributed by atoms with Gasteiger partial charge in [-0.25, -0.2) is 9.98 Å². The summed E-state index contributed by atoms with van der Waals surface area (Å²) in [6.45, 7) is 7.48. The summed E-state index contributed by atoms with van der Waals surface area (Å²) in [4.78, 5) is 11.8. The molecule has 1 aromatic carbocycles. The minimum atomic E-state index is 0.148. The van der Waals surface area contributed by atoms with Gasteiger partial charge in [0, 0.05) is 37.9 Å². The molecule has 0 unspecified atom stereocenters. The first-order valence-electron chi connectivity index (χ1n) is 11.7. The molecule has 3 heterocycles. The first-order valence-corrected chi connectivity index (χ1v) is 11.7. The van der Waals surface area contributed by atoms with E-state index in [0.717, 1.165) is 48.1 Å². The standard InChI is InChI=1S/C26H33N5O2/c1-20(2)33-24-10-8-22(9-11-24)30-26(27-14-13-23-6-5-17-32-23)29-19-21-7-12-25(28-18-21)31-15-3-4-16-31/h5-12,17-18,20H,3-4,13-16,19H2,1-2H3,(H2,27,29,30). The monoisotopic (exact) mass is 447 g/mol. The van der Waals surface area contributed by atoms with Crippen molar-refractivity contribution in [3.05, 3.63) is 72.3 Å². The van der Waals surface area contributed by atoms with Crippen molar-refractivity contribution in [2.24, 2.45) is 4.99 Å². The van der Waals surface area contributed by atoms with Crippen LogP contribution < -0.4 is 20.3 Å². The maximum atomic E-state index is 5.74. The first kappa shape index (κ1) is 22.7. The second-order valence-electron chi connectivity index (χ2n) is 8.46. The van der Waals surface area contributed by atoms with E-state index in [1.54, 1.807) is 6.26 Å². The van der Waals surface area contributed by atoms with Gasteiger partial charge in [0.2, 0.25) is 0 Å². The Morgan fingerprint density at radius 2 is 1.94 bits per heavy atom. The fraction of sp³-hybridized carbons (Fsp3) is 0.385. The van der Waals surface area contributed by atoms with Crippen molar-refractivity contribution in [3.8, 4) is 5.75 Å². The lowest BCUT2D eigenvalue weighted by molar-refractivity contribution is 0.242. The van der Waals surface area contributed by atoms with Crippen LogP contribution in [-0.4, -0.2) is 36.7 Å². The van der Waals surface area contributed by atoms with Crippen molar-refractivity contribution in [2.45, 2.75) is 45.8 Å². The predicted molar refractivity (Wildman–Crippen MR) is 133 cm³/mol. The lowest BCUT2D eigenvalue weighted by atomic mass is 10.3. The molecule has 1 saturated heterocycles. The number of hydrogen-bond acceptors (Lipinski definition) is 5. The summed E-state index contributed by atoms with van der Waals surface area (Å²) < 4.78 is 11.2. The molecule has 0 saturated carbocycles. The third-order valence-corrected chi connectivity index (χ3v) is 5.39. The zero-order valence-electron chi connectivity index (χ0n) is 19.5. The number of benzene rings is 1. The molecule has 2 N–H and O–H groups in total. The van der Waals surface area contributed by atoms with Crippen molar-refractivity contribution in [3.63, 3.8) is 0 Å². The van der Waals surface area contributed by atoms with Crippen LogP contribution >= 0.6 is 0 Å². The number of nitrogens with zero attached hydrogens (tertiary/aromatic N) is 3. The number of rotatable bonds is 9. The van der Waals surface area contributed by atoms with E-state index < -0.39 is 0 Å². The fourth-order valence-corrected chi connectivity index (χ4v) is 3.74. The Morgan fingerprint density at radius 1 is 1.12 bits per heavy atom. The van der Waals surface area contributed by atoms with Gasteiger partial charge in [-0.3, -0.25) is 0 Å². The van der Waals surface area contributed by atoms with Crippen LogP contribution in [-0.2, 0) is 13.0 Å². The van der Waals surface area contributed by atoms with E-state index in [0.29, 0.717) is 19.0 Å². The van der Waals surface area contributed by atoms with Crippen molar-refractivity contribution < 1.29 is 9.15 Å². The molecule has 33 heavy (non-hydrogen) atoms. The Morgan fingerprint density at radius 3 is 2.61 bits per heavy atom. The van der Waals surface area contributed by atoms with Gasteiger partial charge in [0.05, 0.1) is 18.9 Å². The number of guanidine groups is 1. The average Bonchev–Trinajstić information content (AvgIpc) is 3.53. The zero-order chi connectivity index (χ0) is 22.9. The van der Waals surface area contributed by atoms with Crippen molar-refractivity contribution in [1.29, 1.82) is 0 Å². The third-order valence-electron chi connectivity index (χ3n) is 5.39. The maximum Gasteiger partial charge on any atom is 0.196 e. The first-order chi connectivity index (χ1) is 16.2. The summed E-state index contributed by atoms with van der Waals surface area (Å²) >= 11 is 0. The van der Waals surface area contributed by atoms with Crippen LogP contribution in [0.5, 0.6) is 5.75 Å². The number of hydrogen-bond donors (Lipinski definition) is 2. The van der Waals surface area contributed by atoms with E-state index in [1.165, 1.54) is 12.8 Å². The molecule has 0 amide bonds. The highest BCUT2D eigenvalue weighted by Crippen LogP contribution is 2.19. The number of anilines is 2. The molecule has 0 atom stereocenters. The SMILES string of the molecule is CC(C)Oc1ccc(NC(=NCc2ccc(N3CCCC3)nc2)NCCc2ccco2)cc1. The molecule has 3 aromatic rings. The fourth-order valence-electron chi connectivity index (χ4n) is 3.74. The van der Waals surface area contributed by atoms with E-state index in [9.17, 15) is 0 Å². The number of furan rings is 1. The lowest BCUT2D eigenvalue weighted by Gasteiger charge is -2.16.